The molecule has 0 saturated heterocycles. The monoisotopic (exact) mass is 173 g/mol. The first-order chi connectivity index (χ1) is 5.27. The average molecular weight is 173 g/mol. The molecule has 0 amide bonds. The van der Waals surface area contributed by atoms with E-state index in [-0.39, 0.29) is 6.61 Å². The lowest BCUT2D eigenvalue weighted by Crippen LogP contribution is -2.07. The molecule has 0 aliphatic rings. The maximum atomic E-state index is 8.60. The minimum absolute atomic E-state index is 0.0691. The van der Waals surface area contributed by atoms with Gasteiger partial charge in [-0.15, -0.1) is 11.8 Å². The Hall–Kier alpha value is -0.680. The van der Waals surface area contributed by atoms with Crippen LogP contribution in [-0.2, 0) is 6.54 Å². The zero-order valence-electron chi connectivity index (χ0n) is 6.32. The van der Waals surface area contributed by atoms with Crippen molar-refractivity contribution in [1.29, 1.82) is 0 Å². The van der Waals surface area contributed by atoms with E-state index < -0.39 is 0 Å². The number of aliphatic hydroxyl groups excluding tert-OH is 1. The Bertz CT molecular complexity index is 236. The smallest absolute Gasteiger partial charge is 0.122 e. The van der Waals surface area contributed by atoms with Gasteiger partial charge in [-0.1, -0.05) is 0 Å². The molecule has 1 aromatic rings. The Kier molecular flexibility index (Phi) is 2.78. The van der Waals surface area contributed by atoms with E-state index >= 15 is 0 Å². The summed E-state index contributed by atoms with van der Waals surface area (Å²) in [5.74, 6) is 0.600. The zero-order valence-corrected chi connectivity index (χ0v) is 7.14. The molecule has 0 aliphatic heterocycles. The molecular formula is C6H11N3OS. The quantitative estimate of drug-likeness (QED) is 0.640. The van der Waals surface area contributed by atoms with Crippen LogP contribution in [0.5, 0.6) is 0 Å². The fraction of sp³-hybridized carbons (Fsp3) is 0.500. The third-order valence-corrected chi connectivity index (χ3v) is 1.93. The Morgan fingerprint density at radius 2 is 2.55 bits per heavy atom. The molecule has 3 N–H and O–H groups in total. The highest BCUT2D eigenvalue weighted by atomic mass is 32.2. The van der Waals surface area contributed by atoms with E-state index in [1.807, 2.05) is 6.26 Å². The van der Waals surface area contributed by atoms with E-state index in [0.29, 0.717) is 12.4 Å². The molecule has 62 valence electrons. The minimum Gasteiger partial charge on any atom is -0.394 e. The summed E-state index contributed by atoms with van der Waals surface area (Å²) < 4.78 is 1.59. The van der Waals surface area contributed by atoms with Crippen molar-refractivity contribution in [2.24, 2.45) is 0 Å². The van der Waals surface area contributed by atoms with Crippen molar-refractivity contribution < 1.29 is 5.11 Å². The summed E-state index contributed by atoms with van der Waals surface area (Å²) in [6.45, 7) is 0.534. The van der Waals surface area contributed by atoms with Gasteiger partial charge in [0.25, 0.3) is 0 Å². The number of hydrogen-bond acceptors (Lipinski definition) is 4. The van der Waals surface area contributed by atoms with Crippen LogP contribution in [0, 0.1) is 0 Å². The van der Waals surface area contributed by atoms with Crippen LogP contribution in [0.25, 0.3) is 0 Å². The lowest BCUT2D eigenvalue weighted by molar-refractivity contribution is 0.269. The van der Waals surface area contributed by atoms with Crippen LogP contribution in [-0.4, -0.2) is 27.7 Å². The molecule has 0 aromatic carbocycles. The maximum Gasteiger partial charge on any atom is 0.122 e. The van der Waals surface area contributed by atoms with Crippen LogP contribution >= 0.6 is 11.8 Å². The van der Waals surface area contributed by atoms with E-state index in [4.69, 9.17) is 10.8 Å². The Balaban J connectivity index is 2.79. The van der Waals surface area contributed by atoms with Gasteiger partial charge in [0.2, 0.25) is 0 Å². The van der Waals surface area contributed by atoms with Crippen molar-refractivity contribution in [1.82, 2.24) is 9.78 Å². The Morgan fingerprint density at radius 1 is 1.82 bits per heavy atom. The first-order valence-corrected chi connectivity index (χ1v) is 4.48. The number of hydrogen-bond donors (Lipinski definition) is 2. The standard InChI is InChI=1S/C6H11N3OS/c1-11-6-4-5(7)9(8-6)2-3-10/h4,10H,2-3,7H2,1H3. The van der Waals surface area contributed by atoms with Crippen molar-refractivity contribution in [3.8, 4) is 0 Å². The number of aromatic nitrogens is 2. The van der Waals surface area contributed by atoms with E-state index in [0.717, 1.165) is 5.03 Å². The highest BCUT2D eigenvalue weighted by Gasteiger charge is 2.01. The van der Waals surface area contributed by atoms with Crippen molar-refractivity contribution in [2.75, 3.05) is 18.6 Å². The Morgan fingerprint density at radius 3 is 3.00 bits per heavy atom. The second-order valence-corrected chi connectivity index (χ2v) is 2.88. The van der Waals surface area contributed by atoms with E-state index in [2.05, 4.69) is 5.10 Å². The molecule has 0 fully saturated rings. The molecule has 11 heavy (non-hydrogen) atoms. The minimum atomic E-state index is 0.0691. The van der Waals surface area contributed by atoms with Crippen molar-refractivity contribution >= 4 is 17.6 Å². The molecule has 0 aliphatic carbocycles. The second-order valence-electron chi connectivity index (χ2n) is 2.06. The van der Waals surface area contributed by atoms with Crippen LogP contribution in [0.2, 0.25) is 0 Å². The Labute approximate surface area is 69.4 Å². The van der Waals surface area contributed by atoms with Gasteiger partial charge in [-0.2, -0.15) is 5.10 Å². The third-order valence-electron chi connectivity index (χ3n) is 1.31. The largest absolute Gasteiger partial charge is 0.394 e. The van der Waals surface area contributed by atoms with Crippen molar-refractivity contribution in [3.05, 3.63) is 6.07 Å². The molecule has 0 saturated carbocycles. The average Bonchev–Trinajstić information content (AvgIpc) is 2.33. The molecule has 0 radical (unpaired) electrons. The van der Waals surface area contributed by atoms with E-state index in [9.17, 15) is 0 Å². The van der Waals surface area contributed by atoms with Gasteiger partial charge in [-0.05, 0) is 6.26 Å². The normalized spacial score (nSPS) is 10.4. The molecule has 1 heterocycles. The van der Waals surface area contributed by atoms with Gasteiger partial charge in [0.15, 0.2) is 0 Å². The molecule has 1 aromatic heterocycles. The van der Waals surface area contributed by atoms with Crippen molar-refractivity contribution in [2.45, 2.75) is 11.6 Å². The predicted molar refractivity (Wildman–Crippen MR) is 45.5 cm³/mol. The lowest BCUT2D eigenvalue weighted by atomic mass is 10.6. The number of nitrogens with two attached hydrogens (primary N) is 1. The highest BCUT2D eigenvalue weighted by Crippen LogP contribution is 2.15. The first-order valence-electron chi connectivity index (χ1n) is 3.26. The lowest BCUT2D eigenvalue weighted by Gasteiger charge is -1.98. The molecule has 0 atom stereocenters. The van der Waals surface area contributed by atoms with Gasteiger partial charge in [0, 0.05) is 6.07 Å². The summed E-state index contributed by atoms with van der Waals surface area (Å²) in [4.78, 5) is 0. The van der Waals surface area contributed by atoms with Gasteiger partial charge in [-0.25, -0.2) is 4.68 Å². The van der Waals surface area contributed by atoms with Crippen LogP contribution in [0.15, 0.2) is 11.1 Å². The van der Waals surface area contributed by atoms with Crippen LogP contribution < -0.4 is 5.73 Å². The molecule has 5 heteroatoms. The molecule has 1 rings (SSSR count). The summed E-state index contributed by atoms with van der Waals surface area (Å²) >= 11 is 1.54. The topological polar surface area (TPSA) is 64.1 Å². The summed E-state index contributed by atoms with van der Waals surface area (Å²) in [6.07, 6.45) is 1.94. The summed E-state index contributed by atoms with van der Waals surface area (Å²) in [5, 5.41) is 13.6. The summed E-state index contributed by atoms with van der Waals surface area (Å²) in [6, 6.07) is 1.79. The van der Waals surface area contributed by atoms with E-state index in [1.165, 1.54) is 11.8 Å². The van der Waals surface area contributed by atoms with Gasteiger partial charge in [-0.3, -0.25) is 0 Å². The summed E-state index contributed by atoms with van der Waals surface area (Å²) in [5.41, 5.74) is 5.58. The highest BCUT2D eigenvalue weighted by molar-refractivity contribution is 7.98. The van der Waals surface area contributed by atoms with Crippen LogP contribution in [0.1, 0.15) is 0 Å². The van der Waals surface area contributed by atoms with E-state index in [1.54, 1.807) is 10.7 Å². The van der Waals surface area contributed by atoms with Crippen molar-refractivity contribution in [3.63, 3.8) is 0 Å². The SMILES string of the molecule is CSc1cc(N)n(CCO)n1. The van der Waals surface area contributed by atoms with Gasteiger partial charge < -0.3 is 10.8 Å². The maximum absolute atomic E-state index is 8.60. The fourth-order valence-electron chi connectivity index (χ4n) is 0.780. The van der Waals surface area contributed by atoms with Gasteiger partial charge in [0.1, 0.15) is 10.8 Å². The number of nitrogen functional groups attached to an aromatic ring is 1. The molecule has 0 unspecified atom stereocenters. The molecule has 4 nitrogen and oxygen atoms in total. The molecular weight excluding hydrogens is 162 g/mol. The number of anilines is 1. The van der Waals surface area contributed by atoms with Crippen LogP contribution in [0.4, 0.5) is 5.82 Å². The third kappa shape index (κ3) is 1.87. The number of nitrogens with zero attached hydrogens (tertiary/aromatic N) is 2. The summed E-state index contributed by atoms with van der Waals surface area (Å²) in [7, 11) is 0. The van der Waals surface area contributed by atoms with Gasteiger partial charge in [0.05, 0.1) is 13.2 Å². The zero-order chi connectivity index (χ0) is 8.27. The number of thioether (sulfide) groups is 1. The second kappa shape index (κ2) is 3.64. The first kappa shape index (κ1) is 8.42. The predicted octanol–water partition coefficient (Wildman–Crippen LogP) is 0.179. The molecule has 0 bridgehead atoms. The number of rotatable bonds is 3. The van der Waals surface area contributed by atoms with Gasteiger partial charge >= 0.3 is 0 Å². The van der Waals surface area contributed by atoms with Crippen LogP contribution in [0.3, 0.4) is 0 Å². The molecule has 0 spiro atoms. The fourth-order valence-corrected chi connectivity index (χ4v) is 1.20. The number of aliphatic hydroxyl groups is 1.